The zero-order valence-corrected chi connectivity index (χ0v) is 9.24. The fraction of sp³-hybridized carbons (Fsp3) is 0.111. The SMILES string of the molecule is Cc1cc(I)cc(-c2nc[nH]n2)c1. The van der Waals surface area contributed by atoms with Gasteiger partial charge in [-0.1, -0.05) is 0 Å². The Labute approximate surface area is 89.7 Å². The summed E-state index contributed by atoms with van der Waals surface area (Å²) in [5, 5.41) is 6.73. The zero-order chi connectivity index (χ0) is 9.26. The number of nitrogens with one attached hydrogen (secondary N) is 1. The van der Waals surface area contributed by atoms with Crippen molar-refractivity contribution in [2.24, 2.45) is 0 Å². The number of hydrogen-bond donors (Lipinski definition) is 1. The number of hydrogen-bond acceptors (Lipinski definition) is 2. The van der Waals surface area contributed by atoms with Crippen LogP contribution in [0.2, 0.25) is 0 Å². The average Bonchev–Trinajstić information content (AvgIpc) is 2.53. The number of H-pyrrole nitrogens is 1. The first kappa shape index (κ1) is 8.68. The normalized spacial score (nSPS) is 10.3. The van der Waals surface area contributed by atoms with E-state index in [1.165, 1.54) is 9.13 Å². The summed E-state index contributed by atoms with van der Waals surface area (Å²) in [6, 6.07) is 6.26. The molecule has 3 nitrogen and oxygen atoms in total. The maximum Gasteiger partial charge on any atom is 0.180 e. The molecule has 0 saturated carbocycles. The predicted octanol–water partition coefficient (Wildman–Crippen LogP) is 2.38. The Bertz CT molecular complexity index is 389. The monoisotopic (exact) mass is 285 g/mol. The van der Waals surface area contributed by atoms with Gasteiger partial charge in [0.25, 0.3) is 0 Å². The molecule has 0 aliphatic carbocycles. The van der Waals surface area contributed by atoms with Crippen molar-refractivity contribution in [3.8, 4) is 11.4 Å². The summed E-state index contributed by atoms with van der Waals surface area (Å²) in [7, 11) is 0. The van der Waals surface area contributed by atoms with Gasteiger partial charge in [0.2, 0.25) is 0 Å². The second-order valence-corrected chi connectivity index (χ2v) is 4.09. The minimum Gasteiger partial charge on any atom is -0.265 e. The second kappa shape index (κ2) is 3.45. The van der Waals surface area contributed by atoms with Gasteiger partial charge in [-0.2, -0.15) is 5.10 Å². The van der Waals surface area contributed by atoms with Crippen molar-refractivity contribution in [1.29, 1.82) is 0 Å². The third-order valence-electron chi connectivity index (χ3n) is 1.72. The summed E-state index contributed by atoms with van der Waals surface area (Å²) in [6.45, 7) is 2.07. The lowest BCUT2D eigenvalue weighted by atomic mass is 10.1. The second-order valence-electron chi connectivity index (χ2n) is 2.84. The molecule has 0 saturated heterocycles. The van der Waals surface area contributed by atoms with Gasteiger partial charge in [0.05, 0.1) is 0 Å². The summed E-state index contributed by atoms with van der Waals surface area (Å²) in [4.78, 5) is 4.10. The van der Waals surface area contributed by atoms with Crippen molar-refractivity contribution >= 4 is 22.6 Å². The first-order valence-electron chi connectivity index (χ1n) is 3.89. The molecular formula is C9H8IN3. The van der Waals surface area contributed by atoms with Gasteiger partial charge in [0.1, 0.15) is 6.33 Å². The first-order chi connectivity index (χ1) is 6.25. The Hall–Kier alpha value is -0.910. The molecule has 0 aliphatic rings. The molecule has 1 aromatic carbocycles. The van der Waals surface area contributed by atoms with Crippen molar-refractivity contribution in [2.45, 2.75) is 6.92 Å². The standard InChI is InChI=1S/C9H8IN3/c1-6-2-7(4-8(10)3-6)9-11-5-12-13-9/h2-5H,1H3,(H,11,12,13). The van der Waals surface area contributed by atoms with Crippen molar-refractivity contribution in [1.82, 2.24) is 15.2 Å². The lowest BCUT2D eigenvalue weighted by molar-refractivity contribution is 1.09. The summed E-state index contributed by atoms with van der Waals surface area (Å²) in [6.07, 6.45) is 1.59. The predicted molar refractivity (Wildman–Crippen MR) is 59.3 cm³/mol. The number of aromatic nitrogens is 3. The van der Waals surface area contributed by atoms with Crippen molar-refractivity contribution < 1.29 is 0 Å². The third kappa shape index (κ3) is 1.88. The van der Waals surface area contributed by atoms with Crippen LogP contribution < -0.4 is 0 Å². The molecule has 1 N–H and O–H groups in total. The van der Waals surface area contributed by atoms with Crippen molar-refractivity contribution in [2.75, 3.05) is 0 Å². The lowest BCUT2D eigenvalue weighted by Gasteiger charge is -1.98. The fourth-order valence-electron chi connectivity index (χ4n) is 1.21. The Morgan fingerprint density at radius 2 is 2.15 bits per heavy atom. The molecule has 0 atom stereocenters. The van der Waals surface area contributed by atoms with E-state index in [0.717, 1.165) is 11.4 Å². The van der Waals surface area contributed by atoms with E-state index in [-0.39, 0.29) is 0 Å². The fourth-order valence-corrected chi connectivity index (χ4v) is 2.04. The Morgan fingerprint density at radius 1 is 1.31 bits per heavy atom. The zero-order valence-electron chi connectivity index (χ0n) is 7.08. The molecule has 0 aliphatic heterocycles. The molecule has 0 bridgehead atoms. The minimum atomic E-state index is 0.751. The topological polar surface area (TPSA) is 41.6 Å². The molecule has 13 heavy (non-hydrogen) atoms. The van der Waals surface area contributed by atoms with E-state index in [4.69, 9.17) is 0 Å². The van der Waals surface area contributed by atoms with Crippen LogP contribution in [0, 0.1) is 10.5 Å². The van der Waals surface area contributed by atoms with E-state index in [1.807, 2.05) is 0 Å². The van der Waals surface area contributed by atoms with Crippen LogP contribution in [0.5, 0.6) is 0 Å². The Kier molecular flexibility index (Phi) is 2.30. The van der Waals surface area contributed by atoms with Crippen LogP contribution in [0.15, 0.2) is 24.5 Å². The van der Waals surface area contributed by atoms with Crippen LogP contribution in [0.1, 0.15) is 5.56 Å². The quantitative estimate of drug-likeness (QED) is 0.817. The number of rotatable bonds is 1. The van der Waals surface area contributed by atoms with Crippen LogP contribution in [-0.4, -0.2) is 15.2 Å². The van der Waals surface area contributed by atoms with E-state index in [2.05, 4.69) is 62.9 Å². The first-order valence-corrected chi connectivity index (χ1v) is 4.97. The molecule has 1 heterocycles. The van der Waals surface area contributed by atoms with Crippen molar-refractivity contribution in [3.63, 3.8) is 0 Å². The highest BCUT2D eigenvalue weighted by molar-refractivity contribution is 14.1. The van der Waals surface area contributed by atoms with E-state index in [0.29, 0.717) is 0 Å². The molecule has 2 rings (SSSR count). The molecule has 0 fully saturated rings. The van der Waals surface area contributed by atoms with Crippen LogP contribution in [0.25, 0.3) is 11.4 Å². The molecular weight excluding hydrogens is 277 g/mol. The van der Waals surface area contributed by atoms with Gasteiger partial charge in [0.15, 0.2) is 5.82 Å². The minimum absolute atomic E-state index is 0.751. The van der Waals surface area contributed by atoms with E-state index in [9.17, 15) is 0 Å². The van der Waals surface area contributed by atoms with Gasteiger partial charge in [-0.3, -0.25) is 5.10 Å². The average molecular weight is 285 g/mol. The molecule has 1 aromatic heterocycles. The molecule has 0 amide bonds. The Morgan fingerprint density at radius 3 is 2.77 bits per heavy atom. The molecule has 66 valence electrons. The number of aromatic amines is 1. The molecule has 0 unspecified atom stereocenters. The summed E-state index contributed by atoms with van der Waals surface area (Å²) >= 11 is 2.29. The number of aryl methyl sites for hydroxylation is 1. The number of nitrogens with zero attached hydrogens (tertiary/aromatic N) is 2. The largest absolute Gasteiger partial charge is 0.265 e. The van der Waals surface area contributed by atoms with Crippen LogP contribution >= 0.6 is 22.6 Å². The van der Waals surface area contributed by atoms with E-state index < -0.39 is 0 Å². The third-order valence-corrected chi connectivity index (χ3v) is 2.34. The van der Waals surface area contributed by atoms with E-state index in [1.54, 1.807) is 6.33 Å². The highest BCUT2D eigenvalue weighted by Crippen LogP contribution is 2.19. The summed E-state index contributed by atoms with van der Waals surface area (Å²) < 4.78 is 1.21. The molecule has 0 radical (unpaired) electrons. The highest BCUT2D eigenvalue weighted by Gasteiger charge is 2.02. The lowest BCUT2D eigenvalue weighted by Crippen LogP contribution is -1.84. The summed E-state index contributed by atoms with van der Waals surface area (Å²) in [5.74, 6) is 0.751. The highest BCUT2D eigenvalue weighted by atomic mass is 127. The molecule has 4 heteroatoms. The molecule has 2 aromatic rings. The van der Waals surface area contributed by atoms with Gasteiger partial charge in [0, 0.05) is 9.13 Å². The van der Waals surface area contributed by atoms with Gasteiger partial charge in [-0.15, -0.1) is 0 Å². The smallest absolute Gasteiger partial charge is 0.180 e. The van der Waals surface area contributed by atoms with Gasteiger partial charge in [-0.05, 0) is 53.3 Å². The van der Waals surface area contributed by atoms with E-state index >= 15 is 0 Å². The van der Waals surface area contributed by atoms with Crippen LogP contribution in [-0.2, 0) is 0 Å². The van der Waals surface area contributed by atoms with Gasteiger partial charge >= 0.3 is 0 Å². The number of benzene rings is 1. The van der Waals surface area contributed by atoms with Crippen LogP contribution in [0.3, 0.4) is 0 Å². The van der Waals surface area contributed by atoms with Crippen LogP contribution in [0.4, 0.5) is 0 Å². The summed E-state index contributed by atoms with van der Waals surface area (Å²) in [5.41, 5.74) is 2.29. The Balaban J connectivity index is 2.53. The van der Waals surface area contributed by atoms with Gasteiger partial charge in [-0.25, -0.2) is 4.98 Å². The van der Waals surface area contributed by atoms with Crippen molar-refractivity contribution in [3.05, 3.63) is 33.7 Å². The number of halogens is 1. The van der Waals surface area contributed by atoms with Gasteiger partial charge < -0.3 is 0 Å². The maximum absolute atomic E-state index is 4.10. The molecule has 0 spiro atoms. The maximum atomic E-state index is 4.10.